The summed E-state index contributed by atoms with van der Waals surface area (Å²) >= 11 is 0. The van der Waals surface area contributed by atoms with Crippen LogP contribution < -0.4 is 0 Å². The van der Waals surface area contributed by atoms with Crippen molar-refractivity contribution in [2.45, 2.75) is 26.3 Å². The maximum Gasteiger partial charge on any atom is 0.407 e. The highest BCUT2D eigenvalue weighted by molar-refractivity contribution is 5.94. The van der Waals surface area contributed by atoms with Gasteiger partial charge in [-0.25, -0.2) is 18.6 Å². The fraction of sp³-hybridized carbons (Fsp3) is 0.565. The molecule has 0 bridgehead atoms. The molecule has 2 saturated heterocycles. The number of benzene rings is 1. The number of ether oxygens (including phenoxy) is 1. The van der Waals surface area contributed by atoms with Crippen molar-refractivity contribution in [1.29, 1.82) is 0 Å². The zero-order valence-electron chi connectivity index (χ0n) is 19.7. The number of carbonyl (C=O) groups is 3. The SMILES string of the molecule is CC(C)CN(C(=O)c1nc2cc(F)c(F)cc2[nH]1)[C@H]1C[C@@H](C(=O)N2CCOCC2)CN(C(=O)O)C1. The van der Waals surface area contributed by atoms with Gasteiger partial charge in [-0.3, -0.25) is 9.59 Å². The molecule has 0 spiro atoms. The summed E-state index contributed by atoms with van der Waals surface area (Å²) in [6.07, 6.45) is -0.872. The summed E-state index contributed by atoms with van der Waals surface area (Å²) in [5, 5.41) is 9.72. The predicted octanol–water partition coefficient (Wildman–Crippen LogP) is 2.17. The zero-order valence-corrected chi connectivity index (χ0v) is 19.7. The number of aromatic amines is 1. The van der Waals surface area contributed by atoms with Crippen LogP contribution in [0.15, 0.2) is 12.1 Å². The molecule has 2 aliphatic rings. The van der Waals surface area contributed by atoms with Gasteiger partial charge in [-0.15, -0.1) is 0 Å². The first-order valence-electron chi connectivity index (χ1n) is 11.6. The number of nitrogens with zero attached hydrogens (tertiary/aromatic N) is 4. The van der Waals surface area contributed by atoms with E-state index in [1.165, 1.54) is 9.80 Å². The smallest absolute Gasteiger partial charge is 0.407 e. The van der Waals surface area contributed by atoms with Crippen LogP contribution in [0.2, 0.25) is 0 Å². The van der Waals surface area contributed by atoms with Crippen LogP contribution in [0.1, 0.15) is 30.9 Å². The molecule has 2 N–H and O–H groups in total. The Bertz CT molecular complexity index is 1080. The van der Waals surface area contributed by atoms with Crippen LogP contribution in [0.4, 0.5) is 13.6 Å². The lowest BCUT2D eigenvalue weighted by Crippen LogP contribution is -2.58. The topological polar surface area (TPSA) is 119 Å². The van der Waals surface area contributed by atoms with Crippen molar-refractivity contribution in [2.24, 2.45) is 11.8 Å². The molecule has 12 heteroatoms. The summed E-state index contributed by atoms with van der Waals surface area (Å²) in [5.41, 5.74) is 0.279. The third kappa shape index (κ3) is 5.37. The van der Waals surface area contributed by atoms with Crippen molar-refractivity contribution >= 4 is 28.9 Å². The summed E-state index contributed by atoms with van der Waals surface area (Å²) in [5.74, 6) is -3.49. The average Bonchev–Trinajstić information content (AvgIpc) is 3.24. The minimum absolute atomic E-state index is 0.0341. The van der Waals surface area contributed by atoms with Crippen LogP contribution in [0.3, 0.4) is 0 Å². The van der Waals surface area contributed by atoms with E-state index in [-0.39, 0.29) is 48.3 Å². The Balaban J connectivity index is 1.62. The van der Waals surface area contributed by atoms with E-state index in [1.54, 1.807) is 4.90 Å². The molecule has 3 amide bonds. The molecular weight excluding hydrogens is 464 g/mol. The van der Waals surface area contributed by atoms with Crippen molar-refractivity contribution in [3.05, 3.63) is 29.6 Å². The van der Waals surface area contributed by atoms with E-state index in [2.05, 4.69) is 9.97 Å². The van der Waals surface area contributed by atoms with Gasteiger partial charge >= 0.3 is 6.09 Å². The Morgan fingerprint density at radius 3 is 2.51 bits per heavy atom. The van der Waals surface area contributed by atoms with Gasteiger partial charge in [0.05, 0.1) is 36.2 Å². The maximum atomic E-state index is 13.6. The van der Waals surface area contributed by atoms with Gasteiger partial charge < -0.3 is 29.5 Å². The fourth-order valence-electron chi connectivity index (χ4n) is 4.71. The molecule has 0 radical (unpaired) electrons. The lowest BCUT2D eigenvalue weighted by Gasteiger charge is -2.43. The Kier molecular flexibility index (Phi) is 7.20. The van der Waals surface area contributed by atoms with E-state index < -0.39 is 35.6 Å². The van der Waals surface area contributed by atoms with E-state index in [9.17, 15) is 28.3 Å². The van der Waals surface area contributed by atoms with Crippen molar-refractivity contribution in [2.75, 3.05) is 45.9 Å². The minimum atomic E-state index is -1.17. The Labute approximate surface area is 200 Å². The van der Waals surface area contributed by atoms with Crippen LogP contribution in [0, 0.1) is 23.5 Å². The van der Waals surface area contributed by atoms with Gasteiger partial charge in [0.1, 0.15) is 0 Å². The number of amides is 3. The summed E-state index contributed by atoms with van der Waals surface area (Å²) in [7, 11) is 0. The molecule has 0 aliphatic carbocycles. The fourth-order valence-corrected chi connectivity index (χ4v) is 4.71. The molecule has 0 saturated carbocycles. The van der Waals surface area contributed by atoms with Gasteiger partial charge in [-0.1, -0.05) is 13.8 Å². The number of carbonyl (C=O) groups excluding carboxylic acids is 2. The standard InChI is InChI=1S/C23H29F2N5O5/c1-13(2)10-30(22(32)20-26-18-8-16(24)17(25)9-19(18)27-20)15-7-14(11-29(12-15)23(33)34)21(31)28-3-5-35-6-4-28/h8-9,13-15H,3-7,10-12H2,1-2H3,(H,26,27)(H,33,34)/t14-,15+/m1/s1. The summed E-state index contributed by atoms with van der Waals surface area (Å²) < 4.78 is 32.6. The van der Waals surface area contributed by atoms with Crippen LogP contribution >= 0.6 is 0 Å². The number of hydrogen-bond donors (Lipinski definition) is 2. The van der Waals surface area contributed by atoms with Crippen molar-refractivity contribution in [3.63, 3.8) is 0 Å². The van der Waals surface area contributed by atoms with Crippen LogP contribution in [0.25, 0.3) is 11.0 Å². The number of likely N-dealkylation sites (tertiary alicyclic amines) is 1. The second-order valence-corrected chi connectivity index (χ2v) is 9.43. The number of H-pyrrole nitrogens is 1. The first-order chi connectivity index (χ1) is 16.6. The normalized spacial score (nSPS) is 20.9. The molecular formula is C23H29F2N5O5. The molecule has 2 fully saturated rings. The number of rotatable bonds is 5. The third-order valence-corrected chi connectivity index (χ3v) is 6.36. The van der Waals surface area contributed by atoms with Gasteiger partial charge in [0, 0.05) is 44.9 Å². The Hall–Kier alpha value is -3.28. The number of aromatic nitrogens is 2. The molecule has 4 rings (SSSR count). The molecule has 190 valence electrons. The number of piperidine rings is 1. The number of morpholine rings is 1. The van der Waals surface area contributed by atoms with E-state index in [0.717, 1.165) is 12.1 Å². The second kappa shape index (κ2) is 10.1. The van der Waals surface area contributed by atoms with Gasteiger partial charge in [0.15, 0.2) is 17.5 Å². The van der Waals surface area contributed by atoms with E-state index in [1.807, 2.05) is 13.8 Å². The van der Waals surface area contributed by atoms with Gasteiger partial charge in [-0.2, -0.15) is 0 Å². The highest BCUT2D eigenvalue weighted by atomic mass is 19.2. The average molecular weight is 494 g/mol. The van der Waals surface area contributed by atoms with Gasteiger partial charge in [0.2, 0.25) is 5.91 Å². The molecule has 1 aromatic heterocycles. The Morgan fingerprint density at radius 1 is 1.17 bits per heavy atom. The number of nitrogens with one attached hydrogen (secondary N) is 1. The lowest BCUT2D eigenvalue weighted by atomic mass is 9.91. The number of fused-ring (bicyclic) bond motifs is 1. The molecule has 10 nitrogen and oxygen atoms in total. The molecule has 2 aromatic rings. The Morgan fingerprint density at radius 2 is 1.86 bits per heavy atom. The van der Waals surface area contributed by atoms with Crippen LogP contribution in [-0.4, -0.2) is 99.7 Å². The number of carboxylic acid groups (broad SMARTS) is 1. The van der Waals surface area contributed by atoms with E-state index in [0.29, 0.717) is 32.7 Å². The highest BCUT2D eigenvalue weighted by Gasteiger charge is 2.40. The van der Waals surface area contributed by atoms with Crippen LogP contribution in [0.5, 0.6) is 0 Å². The molecule has 35 heavy (non-hydrogen) atoms. The molecule has 1 aromatic carbocycles. The van der Waals surface area contributed by atoms with E-state index >= 15 is 0 Å². The lowest BCUT2D eigenvalue weighted by molar-refractivity contribution is -0.142. The summed E-state index contributed by atoms with van der Waals surface area (Å²) in [6.45, 7) is 5.94. The second-order valence-electron chi connectivity index (χ2n) is 9.43. The first-order valence-corrected chi connectivity index (χ1v) is 11.6. The van der Waals surface area contributed by atoms with Crippen LogP contribution in [-0.2, 0) is 9.53 Å². The van der Waals surface area contributed by atoms with Gasteiger partial charge in [0.25, 0.3) is 5.91 Å². The van der Waals surface area contributed by atoms with Gasteiger partial charge in [-0.05, 0) is 12.3 Å². The minimum Gasteiger partial charge on any atom is -0.465 e. The number of imidazole rings is 1. The quantitative estimate of drug-likeness (QED) is 0.659. The maximum absolute atomic E-state index is 13.6. The third-order valence-electron chi connectivity index (χ3n) is 6.36. The summed E-state index contributed by atoms with van der Waals surface area (Å²) in [6, 6.07) is 1.27. The van der Waals surface area contributed by atoms with Crippen molar-refractivity contribution < 1.29 is 33.0 Å². The summed E-state index contributed by atoms with van der Waals surface area (Å²) in [4.78, 5) is 49.9. The van der Waals surface area contributed by atoms with Crippen molar-refractivity contribution in [1.82, 2.24) is 24.7 Å². The molecule has 3 heterocycles. The predicted molar refractivity (Wildman–Crippen MR) is 121 cm³/mol. The first kappa shape index (κ1) is 24.8. The number of hydrogen-bond acceptors (Lipinski definition) is 5. The molecule has 2 atom stereocenters. The van der Waals surface area contributed by atoms with E-state index in [4.69, 9.17) is 4.74 Å². The zero-order chi connectivity index (χ0) is 25.3. The molecule has 2 aliphatic heterocycles. The van der Waals surface area contributed by atoms with Crippen molar-refractivity contribution in [3.8, 4) is 0 Å². The number of halogens is 2. The monoisotopic (exact) mass is 493 g/mol. The largest absolute Gasteiger partial charge is 0.465 e. The molecule has 0 unspecified atom stereocenters. The highest BCUT2D eigenvalue weighted by Crippen LogP contribution is 2.26.